The standard InChI is InChI=1S/C14H16FNO2/c1-10(17)9-13(18)16-14(7-2-8-14)11-3-5-12(15)6-4-11/h3-6H,2,7-9H2,1H3,(H,16,18). The molecule has 0 heterocycles. The zero-order chi connectivity index (χ0) is 13.2. The summed E-state index contributed by atoms with van der Waals surface area (Å²) in [5.74, 6) is -0.698. The monoisotopic (exact) mass is 249 g/mol. The first-order valence-electron chi connectivity index (χ1n) is 6.08. The largest absolute Gasteiger partial charge is 0.346 e. The fraction of sp³-hybridized carbons (Fsp3) is 0.429. The van der Waals surface area contributed by atoms with E-state index in [2.05, 4.69) is 5.32 Å². The van der Waals surface area contributed by atoms with E-state index in [1.807, 2.05) is 0 Å². The second-order valence-electron chi connectivity index (χ2n) is 4.87. The van der Waals surface area contributed by atoms with E-state index in [1.54, 1.807) is 12.1 Å². The van der Waals surface area contributed by atoms with Crippen LogP contribution in [-0.2, 0) is 15.1 Å². The summed E-state index contributed by atoms with van der Waals surface area (Å²) in [5, 5.41) is 2.91. The van der Waals surface area contributed by atoms with Crippen LogP contribution < -0.4 is 5.32 Å². The van der Waals surface area contributed by atoms with Crippen LogP contribution in [0.5, 0.6) is 0 Å². The van der Waals surface area contributed by atoms with Crippen LogP contribution in [0.1, 0.15) is 38.2 Å². The summed E-state index contributed by atoms with van der Waals surface area (Å²) in [4.78, 5) is 22.6. The molecule has 1 aliphatic carbocycles. The first kappa shape index (κ1) is 12.7. The average Bonchev–Trinajstić information content (AvgIpc) is 2.24. The smallest absolute Gasteiger partial charge is 0.228 e. The predicted molar refractivity (Wildman–Crippen MR) is 65.4 cm³/mol. The number of amides is 1. The molecule has 0 unspecified atom stereocenters. The van der Waals surface area contributed by atoms with E-state index in [1.165, 1.54) is 19.1 Å². The summed E-state index contributed by atoms with van der Waals surface area (Å²) in [6.07, 6.45) is 2.60. The van der Waals surface area contributed by atoms with Gasteiger partial charge < -0.3 is 5.32 Å². The first-order chi connectivity index (χ1) is 8.52. The maximum atomic E-state index is 12.9. The van der Waals surface area contributed by atoms with Crippen molar-refractivity contribution in [2.24, 2.45) is 0 Å². The molecule has 1 N–H and O–H groups in total. The molecule has 1 fully saturated rings. The number of nitrogens with one attached hydrogen (secondary N) is 1. The quantitative estimate of drug-likeness (QED) is 0.832. The van der Waals surface area contributed by atoms with Crippen molar-refractivity contribution in [2.75, 3.05) is 0 Å². The molecule has 0 spiro atoms. The zero-order valence-electron chi connectivity index (χ0n) is 10.3. The molecule has 1 aromatic carbocycles. The Balaban J connectivity index is 2.13. The van der Waals surface area contributed by atoms with Crippen molar-refractivity contribution in [2.45, 2.75) is 38.1 Å². The Kier molecular flexibility index (Phi) is 3.45. The van der Waals surface area contributed by atoms with E-state index in [0.717, 1.165) is 24.8 Å². The summed E-state index contributed by atoms with van der Waals surface area (Å²) in [5.41, 5.74) is 0.507. The number of halogens is 1. The van der Waals surface area contributed by atoms with Gasteiger partial charge in [0.25, 0.3) is 0 Å². The Bertz CT molecular complexity index is 463. The SMILES string of the molecule is CC(=O)CC(=O)NC1(c2ccc(F)cc2)CCC1. The van der Waals surface area contributed by atoms with Gasteiger partial charge in [0.05, 0.1) is 12.0 Å². The van der Waals surface area contributed by atoms with Gasteiger partial charge >= 0.3 is 0 Å². The topological polar surface area (TPSA) is 46.2 Å². The Morgan fingerprint density at radius 3 is 2.33 bits per heavy atom. The molecule has 0 aliphatic heterocycles. The molecule has 1 aromatic rings. The second-order valence-corrected chi connectivity index (χ2v) is 4.87. The van der Waals surface area contributed by atoms with Gasteiger partial charge in [-0.25, -0.2) is 4.39 Å². The minimum absolute atomic E-state index is 0.0943. The van der Waals surface area contributed by atoms with E-state index >= 15 is 0 Å². The molecule has 4 heteroatoms. The number of benzene rings is 1. The number of hydrogen-bond donors (Lipinski definition) is 1. The van der Waals surface area contributed by atoms with Crippen molar-refractivity contribution in [1.29, 1.82) is 0 Å². The van der Waals surface area contributed by atoms with E-state index in [9.17, 15) is 14.0 Å². The van der Waals surface area contributed by atoms with Gasteiger partial charge in [0.1, 0.15) is 11.6 Å². The molecule has 0 radical (unpaired) electrons. The third-order valence-corrected chi connectivity index (χ3v) is 3.39. The molecule has 0 saturated heterocycles. The van der Waals surface area contributed by atoms with Crippen LogP contribution in [0.2, 0.25) is 0 Å². The van der Waals surface area contributed by atoms with Gasteiger partial charge in [-0.3, -0.25) is 9.59 Å². The van der Waals surface area contributed by atoms with Crippen molar-refractivity contribution in [3.8, 4) is 0 Å². The Labute approximate surface area is 105 Å². The second kappa shape index (κ2) is 4.88. The maximum Gasteiger partial charge on any atom is 0.228 e. The predicted octanol–water partition coefficient (Wildman–Crippen LogP) is 2.30. The molecule has 0 bridgehead atoms. The molecule has 18 heavy (non-hydrogen) atoms. The van der Waals surface area contributed by atoms with Crippen LogP contribution in [0.4, 0.5) is 4.39 Å². The van der Waals surface area contributed by atoms with E-state index in [4.69, 9.17) is 0 Å². The summed E-state index contributed by atoms with van der Waals surface area (Å²) in [6, 6.07) is 6.18. The van der Waals surface area contributed by atoms with E-state index < -0.39 is 5.54 Å². The maximum absolute atomic E-state index is 12.9. The van der Waals surface area contributed by atoms with Crippen LogP contribution in [0.3, 0.4) is 0 Å². The number of carbonyl (C=O) groups excluding carboxylic acids is 2. The first-order valence-corrected chi connectivity index (χ1v) is 6.08. The molecule has 1 saturated carbocycles. The van der Waals surface area contributed by atoms with Crippen molar-refractivity contribution in [3.63, 3.8) is 0 Å². The van der Waals surface area contributed by atoms with E-state index in [-0.39, 0.29) is 23.9 Å². The number of ketones is 1. The Morgan fingerprint density at radius 1 is 1.28 bits per heavy atom. The molecule has 2 rings (SSSR count). The number of Topliss-reactive ketones (excluding diaryl/α,β-unsaturated/α-hetero) is 1. The Morgan fingerprint density at radius 2 is 1.89 bits per heavy atom. The highest BCUT2D eigenvalue weighted by atomic mass is 19.1. The third-order valence-electron chi connectivity index (χ3n) is 3.39. The van der Waals surface area contributed by atoms with Crippen molar-refractivity contribution in [1.82, 2.24) is 5.32 Å². The van der Waals surface area contributed by atoms with Crippen LogP contribution in [0.25, 0.3) is 0 Å². The summed E-state index contributed by atoms with van der Waals surface area (Å²) in [7, 11) is 0. The Hall–Kier alpha value is -1.71. The number of rotatable bonds is 4. The minimum Gasteiger partial charge on any atom is -0.346 e. The van der Waals surface area contributed by atoms with Crippen LogP contribution >= 0.6 is 0 Å². The molecule has 1 amide bonds. The van der Waals surface area contributed by atoms with Gasteiger partial charge in [0.15, 0.2) is 0 Å². The fourth-order valence-corrected chi connectivity index (χ4v) is 2.32. The van der Waals surface area contributed by atoms with Crippen LogP contribution in [-0.4, -0.2) is 11.7 Å². The van der Waals surface area contributed by atoms with Gasteiger partial charge in [-0.15, -0.1) is 0 Å². The highest BCUT2D eigenvalue weighted by Gasteiger charge is 2.39. The lowest BCUT2D eigenvalue weighted by Crippen LogP contribution is -2.51. The van der Waals surface area contributed by atoms with Crippen LogP contribution in [0, 0.1) is 5.82 Å². The van der Waals surface area contributed by atoms with Gasteiger partial charge in [0.2, 0.25) is 5.91 Å². The van der Waals surface area contributed by atoms with Gasteiger partial charge in [-0.05, 0) is 43.9 Å². The number of carbonyl (C=O) groups is 2. The normalized spacial score (nSPS) is 16.8. The lowest BCUT2D eigenvalue weighted by atomic mass is 9.71. The molecule has 96 valence electrons. The third kappa shape index (κ3) is 2.58. The van der Waals surface area contributed by atoms with E-state index in [0.29, 0.717) is 0 Å². The van der Waals surface area contributed by atoms with Crippen molar-refractivity contribution < 1.29 is 14.0 Å². The highest BCUT2D eigenvalue weighted by Crippen LogP contribution is 2.41. The number of hydrogen-bond acceptors (Lipinski definition) is 2. The molecule has 1 aliphatic rings. The van der Waals surface area contributed by atoms with Crippen molar-refractivity contribution >= 4 is 11.7 Å². The fourth-order valence-electron chi connectivity index (χ4n) is 2.32. The molecular formula is C14H16FNO2. The molecule has 3 nitrogen and oxygen atoms in total. The lowest BCUT2D eigenvalue weighted by Gasteiger charge is -2.43. The lowest BCUT2D eigenvalue weighted by molar-refractivity contribution is -0.129. The summed E-state index contributed by atoms with van der Waals surface area (Å²) < 4.78 is 12.9. The zero-order valence-corrected chi connectivity index (χ0v) is 10.3. The minimum atomic E-state index is -0.403. The average molecular weight is 249 g/mol. The molecular weight excluding hydrogens is 233 g/mol. The summed E-state index contributed by atoms with van der Waals surface area (Å²) in [6.45, 7) is 1.39. The summed E-state index contributed by atoms with van der Waals surface area (Å²) >= 11 is 0. The van der Waals surface area contributed by atoms with Gasteiger partial charge in [-0.1, -0.05) is 12.1 Å². The molecule has 0 aromatic heterocycles. The van der Waals surface area contributed by atoms with Crippen LogP contribution in [0.15, 0.2) is 24.3 Å². The van der Waals surface area contributed by atoms with Crippen molar-refractivity contribution in [3.05, 3.63) is 35.6 Å². The molecule has 0 atom stereocenters. The van der Waals surface area contributed by atoms with Gasteiger partial charge in [0, 0.05) is 0 Å². The van der Waals surface area contributed by atoms with Gasteiger partial charge in [-0.2, -0.15) is 0 Å². The highest BCUT2D eigenvalue weighted by molar-refractivity contribution is 5.97.